The van der Waals surface area contributed by atoms with Crippen LogP contribution in [0.1, 0.15) is 36.7 Å². The summed E-state index contributed by atoms with van der Waals surface area (Å²) in [7, 11) is 0. The van der Waals surface area contributed by atoms with Crippen LogP contribution < -0.4 is 33.9 Å². The number of aryl methyl sites for hydroxylation is 1. The second kappa shape index (κ2) is 12.9. The minimum absolute atomic E-state index is 0.0598. The van der Waals surface area contributed by atoms with E-state index in [2.05, 4.69) is 5.32 Å². The Bertz CT molecular complexity index is 1300. The van der Waals surface area contributed by atoms with Gasteiger partial charge in [0.25, 0.3) is 11.8 Å². The monoisotopic (exact) mass is 534 g/mol. The van der Waals surface area contributed by atoms with Crippen molar-refractivity contribution in [3.63, 3.8) is 0 Å². The molecule has 3 aromatic carbocycles. The summed E-state index contributed by atoms with van der Waals surface area (Å²) in [6.45, 7) is 9.38. The molecule has 1 aliphatic rings. The number of hydrogen-bond donors (Lipinski definition) is 1. The first-order valence-electron chi connectivity index (χ1n) is 13.1. The number of amides is 2. The summed E-state index contributed by atoms with van der Waals surface area (Å²) in [5.41, 5.74) is 2.51. The predicted octanol–water partition coefficient (Wildman–Crippen LogP) is 5.25. The normalized spacial score (nSPS) is 12.3. The van der Waals surface area contributed by atoms with Gasteiger partial charge in [0, 0.05) is 11.3 Å². The van der Waals surface area contributed by atoms with Crippen molar-refractivity contribution in [3.8, 4) is 28.7 Å². The van der Waals surface area contributed by atoms with Crippen LogP contribution in [0, 0.1) is 6.92 Å². The van der Waals surface area contributed by atoms with Crippen LogP contribution in [-0.4, -0.2) is 51.4 Å². The van der Waals surface area contributed by atoms with Crippen molar-refractivity contribution < 1.29 is 33.3 Å². The second-order valence-electron chi connectivity index (χ2n) is 8.74. The molecule has 1 N–H and O–H groups in total. The molecule has 0 saturated heterocycles. The maximum Gasteiger partial charge on any atom is 0.265 e. The first kappa shape index (κ1) is 27.6. The highest BCUT2D eigenvalue weighted by Crippen LogP contribution is 2.40. The van der Waals surface area contributed by atoms with E-state index in [1.807, 2.05) is 52.0 Å². The number of nitrogens with one attached hydrogen (secondary N) is 1. The van der Waals surface area contributed by atoms with Crippen molar-refractivity contribution in [1.29, 1.82) is 0 Å². The molecule has 0 aliphatic carbocycles. The van der Waals surface area contributed by atoms with Crippen LogP contribution in [-0.2, 0) is 4.79 Å². The summed E-state index contributed by atoms with van der Waals surface area (Å²) in [5, 5.41) is 2.91. The molecule has 9 heteroatoms. The van der Waals surface area contributed by atoms with Crippen molar-refractivity contribution in [2.75, 3.05) is 49.8 Å². The number of benzene rings is 3. The number of ether oxygens (including phenoxy) is 5. The maximum absolute atomic E-state index is 13.3. The number of carbonyl (C=O) groups is 2. The lowest BCUT2D eigenvalue weighted by Gasteiger charge is -2.29. The predicted molar refractivity (Wildman–Crippen MR) is 149 cm³/mol. The topological polar surface area (TPSA) is 95.6 Å². The van der Waals surface area contributed by atoms with Gasteiger partial charge in [0.1, 0.15) is 18.1 Å². The summed E-state index contributed by atoms with van der Waals surface area (Å²) >= 11 is 0. The van der Waals surface area contributed by atoms with Crippen LogP contribution in [0.25, 0.3) is 0 Å². The van der Waals surface area contributed by atoms with E-state index >= 15 is 0 Å². The number of anilines is 2. The molecule has 0 saturated carbocycles. The summed E-state index contributed by atoms with van der Waals surface area (Å²) in [6.07, 6.45) is 0. The van der Waals surface area contributed by atoms with Crippen molar-refractivity contribution in [2.24, 2.45) is 0 Å². The van der Waals surface area contributed by atoms with Crippen LogP contribution in [0.5, 0.6) is 28.7 Å². The van der Waals surface area contributed by atoms with Gasteiger partial charge in [-0.3, -0.25) is 9.59 Å². The Labute approximate surface area is 228 Å². The number of nitrogens with zero attached hydrogens (tertiary/aromatic N) is 1. The van der Waals surface area contributed by atoms with Gasteiger partial charge < -0.3 is 33.9 Å². The molecule has 0 spiro atoms. The third kappa shape index (κ3) is 6.73. The third-order valence-electron chi connectivity index (χ3n) is 5.90. The Balaban J connectivity index is 1.53. The number of hydrogen-bond acceptors (Lipinski definition) is 7. The average Bonchev–Trinajstić information content (AvgIpc) is 2.92. The fourth-order valence-electron chi connectivity index (χ4n) is 4.21. The quantitative estimate of drug-likeness (QED) is 0.339. The van der Waals surface area contributed by atoms with Crippen LogP contribution in [0.15, 0.2) is 54.6 Å². The minimum Gasteiger partial charge on any atom is -0.492 e. The van der Waals surface area contributed by atoms with Gasteiger partial charge in [0.05, 0.1) is 32.1 Å². The molecule has 0 fully saturated rings. The van der Waals surface area contributed by atoms with Gasteiger partial charge in [0.2, 0.25) is 5.75 Å². The average molecular weight is 535 g/mol. The molecule has 206 valence electrons. The Morgan fingerprint density at radius 2 is 1.64 bits per heavy atom. The maximum atomic E-state index is 13.3. The van der Waals surface area contributed by atoms with Gasteiger partial charge >= 0.3 is 0 Å². The summed E-state index contributed by atoms with van der Waals surface area (Å²) < 4.78 is 28.7. The Morgan fingerprint density at radius 3 is 2.31 bits per heavy atom. The highest BCUT2D eigenvalue weighted by Gasteiger charge is 2.26. The second-order valence-corrected chi connectivity index (χ2v) is 8.74. The lowest BCUT2D eigenvalue weighted by molar-refractivity contribution is -0.121. The summed E-state index contributed by atoms with van der Waals surface area (Å²) in [5.74, 6) is 2.07. The zero-order valence-electron chi connectivity index (χ0n) is 22.7. The zero-order chi connectivity index (χ0) is 27.8. The molecule has 0 atom stereocenters. The molecule has 0 aromatic heterocycles. The lowest BCUT2D eigenvalue weighted by Crippen LogP contribution is -2.41. The van der Waals surface area contributed by atoms with Crippen molar-refractivity contribution in [3.05, 3.63) is 65.7 Å². The fraction of sp³-hybridized carbons (Fsp3) is 0.333. The smallest absolute Gasteiger partial charge is 0.265 e. The Kier molecular flexibility index (Phi) is 9.14. The largest absolute Gasteiger partial charge is 0.492 e. The van der Waals surface area contributed by atoms with Crippen molar-refractivity contribution in [2.45, 2.75) is 27.7 Å². The zero-order valence-corrected chi connectivity index (χ0v) is 22.7. The fourth-order valence-corrected chi connectivity index (χ4v) is 4.21. The molecule has 0 radical (unpaired) electrons. The van der Waals surface area contributed by atoms with E-state index in [0.717, 1.165) is 11.3 Å². The Hall–Kier alpha value is -4.40. The summed E-state index contributed by atoms with van der Waals surface area (Å²) in [4.78, 5) is 27.6. The first-order valence-corrected chi connectivity index (χ1v) is 13.1. The van der Waals surface area contributed by atoms with Gasteiger partial charge in [-0.25, -0.2) is 0 Å². The van der Waals surface area contributed by atoms with E-state index in [-0.39, 0.29) is 18.4 Å². The molecular weight excluding hydrogens is 500 g/mol. The van der Waals surface area contributed by atoms with Gasteiger partial charge in [-0.15, -0.1) is 0 Å². The van der Waals surface area contributed by atoms with Crippen LogP contribution in [0.4, 0.5) is 11.4 Å². The molecule has 9 nitrogen and oxygen atoms in total. The number of fused-ring (bicyclic) bond motifs is 1. The van der Waals surface area contributed by atoms with Crippen molar-refractivity contribution >= 4 is 23.2 Å². The highest BCUT2D eigenvalue weighted by atomic mass is 16.5. The number of carbonyl (C=O) groups excluding carboxylic acids is 2. The molecule has 1 aliphatic heterocycles. The van der Waals surface area contributed by atoms with E-state index in [0.29, 0.717) is 72.9 Å². The molecule has 3 aromatic rings. The molecule has 0 bridgehead atoms. The van der Waals surface area contributed by atoms with E-state index in [1.165, 1.54) is 0 Å². The lowest BCUT2D eigenvalue weighted by atomic mass is 10.1. The minimum atomic E-state index is -0.364. The molecule has 4 rings (SSSR count). The number of rotatable bonds is 12. The summed E-state index contributed by atoms with van der Waals surface area (Å²) in [6, 6.07) is 16.2. The molecule has 0 unspecified atom stereocenters. The molecule has 39 heavy (non-hydrogen) atoms. The SMILES string of the molecule is CCOc1cc(C(=O)Nc2ccc3c(c2)N(CCOc2cccc(C)c2)C(=O)CO3)cc(OCC)c1OCC. The van der Waals surface area contributed by atoms with E-state index < -0.39 is 0 Å². The standard InChI is InChI=1S/C30H34N2O7/c1-5-35-26-16-21(17-27(36-6-2)29(26)37-7-3)30(34)31-22-11-12-25-24(18-22)32(28(33)19-39-25)13-14-38-23-10-8-9-20(4)15-23/h8-12,15-18H,5-7,13-14,19H2,1-4H3,(H,31,34). The van der Waals surface area contributed by atoms with E-state index in [4.69, 9.17) is 23.7 Å². The van der Waals surface area contributed by atoms with E-state index in [9.17, 15) is 9.59 Å². The van der Waals surface area contributed by atoms with Gasteiger partial charge in [-0.2, -0.15) is 0 Å². The van der Waals surface area contributed by atoms with Crippen LogP contribution in [0.3, 0.4) is 0 Å². The molecule has 1 heterocycles. The van der Waals surface area contributed by atoms with Gasteiger partial charge in [0.15, 0.2) is 18.1 Å². The van der Waals surface area contributed by atoms with Gasteiger partial charge in [-0.05, 0) is 75.7 Å². The van der Waals surface area contributed by atoms with Gasteiger partial charge in [-0.1, -0.05) is 12.1 Å². The third-order valence-corrected chi connectivity index (χ3v) is 5.90. The molecular formula is C30H34N2O7. The van der Waals surface area contributed by atoms with E-state index in [1.54, 1.807) is 35.2 Å². The molecule has 2 amide bonds. The van der Waals surface area contributed by atoms with Crippen LogP contribution >= 0.6 is 0 Å². The Morgan fingerprint density at radius 1 is 0.923 bits per heavy atom. The first-order chi connectivity index (χ1) is 18.9. The highest BCUT2D eigenvalue weighted by molar-refractivity contribution is 6.06. The van der Waals surface area contributed by atoms with Crippen LogP contribution in [0.2, 0.25) is 0 Å². The van der Waals surface area contributed by atoms with Crippen molar-refractivity contribution in [1.82, 2.24) is 0 Å².